The predicted molar refractivity (Wildman–Crippen MR) is 127 cm³/mol. The minimum absolute atomic E-state index is 0.0446. The first-order valence-corrected chi connectivity index (χ1v) is 12.7. The molecule has 3 aromatic rings. The van der Waals surface area contributed by atoms with Crippen molar-refractivity contribution < 1.29 is 35.3 Å². The van der Waals surface area contributed by atoms with Crippen molar-refractivity contribution in [2.24, 2.45) is 0 Å². The van der Waals surface area contributed by atoms with Gasteiger partial charge in [0.15, 0.2) is 22.6 Å². The molecule has 1 aliphatic rings. The van der Waals surface area contributed by atoms with Crippen molar-refractivity contribution in [3.05, 3.63) is 40.5 Å². The molecule has 0 amide bonds. The fraction of sp³-hybridized carbons (Fsp3) is 0.381. The highest BCUT2D eigenvalue weighted by molar-refractivity contribution is 7.86. The van der Waals surface area contributed by atoms with Gasteiger partial charge in [-0.3, -0.25) is 4.72 Å². The van der Waals surface area contributed by atoms with E-state index in [0.717, 1.165) is 17.4 Å². The Morgan fingerprint density at radius 3 is 2.73 bits per heavy atom. The molecule has 0 spiro atoms. The Balaban J connectivity index is 1.60. The van der Waals surface area contributed by atoms with Crippen molar-refractivity contribution in [1.29, 1.82) is 0 Å². The number of hydrogen-bond donors (Lipinski definition) is 3. The van der Waals surface area contributed by atoms with E-state index < -0.39 is 59.0 Å². The Morgan fingerprint density at radius 2 is 2.03 bits per heavy atom. The molecule has 0 saturated carbocycles. The third-order valence-electron chi connectivity index (χ3n) is 5.23. The van der Waals surface area contributed by atoms with Crippen LogP contribution in [-0.2, 0) is 11.0 Å². The van der Waals surface area contributed by atoms with Gasteiger partial charge in [-0.15, -0.1) is 11.3 Å². The fourth-order valence-corrected chi connectivity index (χ4v) is 4.85. The Bertz CT molecular complexity index is 1320. The third kappa shape index (κ3) is 6.30. The summed E-state index contributed by atoms with van der Waals surface area (Å²) in [6, 6.07) is 1.67. The van der Waals surface area contributed by atoms with Crippen LogP contribution in [0.5, 0.6) is 11.6 Å². The normalized spacial score (nSPS) is 18.0. The molecule has 16 heteroatoms. The topological polar surface area (TPSA) is 101 Å². The van der Waals surface area contributed by atoms with Crippen LogP contribution in [0.3, 0.4) is 0 Å². The maximum atomic E-state index is 14.7. The van der Waals surface area contributed by atoms with E-state index in [2.05, 4.69) is 25.6 Å². The fourth-order valence-electron chi connectivity index (χ4n) is 3.56. The van der Waals surface area contributed by atoms with Crippen molar-refractivity contribution in [3.8, 4) is 22.2 Å². The number of thiazole rings is 1. The molecule has 2 aromatic heterocycles. The number of piperidine rings is 1. The highest BCUT2D eigenvalue weighted by Crippen LogP contribution is 2.40. The van der Waals surface area contributed by atoms with Gasteiger partial charge in [0.05, 0.1) is 17.2 Å². The molecule has 1 aliphatic heterocycles. The van der Waals surface area contributed by atoms with Crippen molar-refractivity contribution in [2.45, 2.75) is 38.0 Å². The number of halogens is 6. The summed E-state index contributed by atoms with van der Waals surface area (Å²) >= 11 is 1.16. The summed E-state index contributed by atoms with van der Waals surface area (Å²) in [6.45, 7) is 2.77. The summed E-state index contributed by atoms with van der Waals surface area (Å²) in [6.07, 6.45) is 1.01. The molecule has 0 bridgehead atoms. The van der Waals surface area contributed by atoms with Gasteiger partial charge in [-0.2, -0.15) is 8.78 Å². The summed E-state index contributed by atoms with van der Waals surface area (Å²) in [5.41, 5.74) is -0.909. The molecule has 1 aromatic carbocycles. The molecule has 200 valence electrons. The summed E-state index contributed by atoms with van der Waals surface area (Å²) in [5.74, 6) is -9.03. The van der Waals surface area contributed by atoms with Crippen LogP contribution < -0.4 is 20.1 Å². The third-order valence-corrected chi connectivity index (χ3v) is 6.93. The zero-order valence-corrected chi connectivity index (χ0v) is 20.9. The zero-order valence-electron chi connectivity index (χ0n) is 19.3. The lowest BCUT2D eigenvalue weighted by Gasteiger charge is -2.30. The summed E-state index contributed by atoms with van der Waals surface area (Å²) in [5, 5.41) is 6.05. The number of nitrogens with zero attached hydrogens (tertiary/aromatic N) is 3. The van der Waals surface area contributed by atoms with Crippen LogP contribution in [-0.4, -0.2) is 50.0 Å². The van der Waals surface area contributed by atoms with Crippen LogP contribution in [0.2, 0.25) is 0 Å². The highest BCUT2D eigenvalue weighted by atomic mass is 32.2. The number of aromatic nitrogens is 3. The van der Waals surface area contributed by atoms with E-state index in [1.165, 1.54) is 19.2 Å². The molecular formula is C21H20F6N6O2S2. The molecule has 37 heavy (non-hydrogen) atoms. The van der Waals surface area contributed by atoms with Gasteiger partial charge in [-0.1, -0.05) is 0 Å². The Kier molecular flexibility index (Phi) is 7.89. The van der Waals surface area contributed by atoms with Gasteiger partial charge >= 0.3 is 5.76 Å². The summed E-state index contributed by atoms with van der Waals surface area (Å²) in [7, 11) is -3.01. The Hall–Kier alpha value is -2.98. The highest BCUT2D eigenvalue weighted by Gasteiger charge is 2.36. The molecule has 8 nitrogen and oxygen atoms in total. The largest absolute Gasteiger partial charge is 0.437 e. The van der Waals surface area contributed by atoms with Crippen molar-refractivity contribution >= 4 is 34.0 Å². The summed E-state index contributed by atoms with van der Waals surface area (Å²) in [4.78, 5) is 13.0. The zero-order chi connectivity index (χ0) is 26.9. The SMILES string of the molecule is Cc1nc(Oc2cc(F)c(NS(=O)C(F)F)c(F)c2C)c(-c2ccnc(NC3CNCC(F)(F)C3)n2)s1. The molecule has 1 fully saturated rings. The minimum atomic E-state index is -3.35. The number of anilines is 2. The summed E-state index contributed by atoms with van der Waals surface area (Å²) < 4.78 is 100. The molecule has 3 N–H and O–H groups in total. The van der Waals surface area contributed by atoms with E-state index in [0.29, 0.717) is 22.1 Å². The van der Waals surface area contributed by atoms with Crippen LogP contribution in [0, 0.1) is 25.5 Å². The van der Waals surface area contributed by atoms with Gasteiger partial charge in [0.2, 0.25) is 11.8 Å². The monoisotopic (exact) mass is 566 g/mol. The number of nitrogens with one attached hydrogen (secondary N) is 3. The maximum absolute atomic E-state index is 14.7. The second-order valence-corrected chi connectivity index (χ2v) is 10.5. The number of benzene rings is 1. The Labute approximate surface area is 213 Å². The average molecular weight is 567 g/mol. The second-order valence-electron chi connectivity index (χ2n) is 8.10. The molecule has 4 rings (SSSR count). The van der Waals surface area contributed by atoms with E-state index in [1.807, 2.05) is 0 Å². The van der Waals surface area contributed by atoms with Crippen LogP contribution in [0.15, 0.2) is 18.3 Å². The van der Waals surface area contributed by atoms with Crippen molar-refractivity contribution in [3.63, 3.8) is 0 Å². The van der Waals surface area contributed by atoms with E-state index in [9.17, 15) is 30.6 Å². The van der Waals surface area contributed by atoms with E-state index >= 15 is 0 Å². The van der Waals surface area contributed by atoms with Gasteiger partial charge in [0.1, 0.15) is 16.3 Å². The molecule has 2 unspecified atom stereocenters. The van der Waals surface area contributed by atoms with Gasteiger partial charge in [0, 0.05) is 36.8 Å². The second kappa shape index (κ2) is 10.8. The lowest BCUT2D eigenvalue weighted by Crippen LogP contribution is -2.49. The number of ether oxygens (including phenoxy) is 1. The number of rotatable bonds is 8. The first-order valence-electron chi connectivity index (χ1n) is 10.7. The standard InChI is InChI=1S/C21H20F6N6O2S2/c1-9-14(5-12(22)16(15(9)23)33-37(34)19(24)25)35-18-17(36-10(2)30-18)13-3-4-29-20(32-13)31-11-6-21(26,27)8-28-7-11/h3-5,11,19,28,33H,6-8H2,1-2H3,(H,29,31,32). The minimum Gasteiger partial charge on any atom is -0.437 e. The van der Waals surface area contributed by atoms with Crippen molar-refractivity contribution in [2.75, 3.05) is 23.1 Å². The van der Waals surface area contributed by atoms with E-state index in [-0.39, 0.29) is 23.1 Å². The Morgan fingerprint density at radius 1 is 1.27 bits per heavy atom. The van der Waals surface area contributed by atoms with E-state index in [4.69, 9.17) is 4.74 Å². The van der Waals surface area contributed by atoms with Crippen molar-refractivity contribution in [1.82, 2.24) is 20.3 Å². The number of alkyl halides is 4. The lowest BCUT2D eigenvalue weighted by atomic mass is 10.0. The first kappa shape index (κ1) is 27.1. The van der Waals surface area contributed by atoms with Gasteiger partial charge in [0.25, 0.3) is 5.92 Å². The predicted octanol–water partition coefficient (Wildman–Crippen LogP) is 4.99. The molecule has 1 saturated heterocycles. The number of aryl methyl sites for hydroxylation is 1. The maximum Gasteiger partial charge on any atom is 0.330 e. The smallest absolute Gasteiger partial charge is 0.330 e. The average Bonchev–Trinajstić information content (AvgIpc) is 3.19. The first-order chi connectivity index (χ1) is 17.4. The molecule has 3 heterocycles. The molecular weight excluding hydrogens is 546 g/mol. The quantitative estimate of drug-likeness (QED) is 0.330. The van der Waals surface area contributed by atoms with Crippen LogP contribution >= 0.6 is 11.3 Å². The van der Waals surface area contributed by atoms with Crippen LogP contribution in [0.4, 0.5) is 38.0 Å². The van der Waals surface area contributed by atoms with Crippen LogP contribution in [0.25, 0.3) is 10.6 Å². The molecule has 0 aliphatic carbocycles. The lowest BCUT2D eigenvalue weighted by molar-refractivity contribution is -0.0244. The number of hydrogen-bond acceptors (Lipinski definition) is 8. The van der Waals surface area contributed by atoms with Gasteiger partial charge < -0.3 is 15.4 Å². The van der Waals surface area contributed by atoms with E-state index in [1.54, 1.807) is 11.6 Å². The van der Waals surface area contributed by atoms with Gasteiger partial charge in [-0.05, 0) is 19.9 Å². The van der Waals surface area contributed by atoms with Crippen LogP contribution in [0.1, 0.15) is 17.0 Å². The molecule has 2 atom stereocenters. The molecule has 0 radical (unpaired) electrons. The van der Waals surface area contributed by atoms with Gasteiger partial charge in [-0.25, -0.2) is 36.7 Å².